The minimum atomic E-state index is -0.962. The third-order valence-corrected chi connectivity index (χ3v) is 4.56. The lowest BCUT2D eigenvalue weighted by Crippen LogP contribution is -2.56. The van der Waals surface area contributed by atoms with Crippen LogP contribution in [0.15, 0.2) is 34.8 Å². The summed E-state index contributed by atoms with van der Waals surface area (Å²) in [5.41, 5.74) is -0.192. The molecule has 1 aliphatic heterocycles. The molecular formula is C15H14F2N4S. The van der Waals surface area contributed by atoms with Crippen molar-refractivity contribution >= 4 is 22.9 Å². The lowest BCUT2D eigenvalue weighted by Gasteiger charge is -2.38. The van der Waals surface area contributed by atoms with Gasteiger partial charge in [0.05, 0.1) is 11.8 Å². The van der Waals surface area contributed by atoms with Gasteiger partial charge in [0.1, 0.15) is 5.54 Å². The predicted molar refractivity (Wildman–Crippen MR) is 82.7 cm³/mol. The number of aliphatic imine (C=N–C) groups is 1. The van der Waals surface area contributed by atoms with Gasteiger partial charge in [-0.15, -0.1) is 11.3 Å². The average Bonchev–Trinajstić information content (AvgIpc) is 3.01. The maximum atomic E-state index is 13.6. The Hall–Kier alpha value is -2.15. The summed E-state index contributed by atoms with van der Waals surface area (Å²) in [4.78, 5) is 8.64. The van der Waals surface area contributed by atoms with E-state index < -0.39 is 17.2 Å². The van der Waals surface area contributed by atoms with Crippen LogP contribution in [0.2, 0.25) is 0 Å². The molecule has 1 aromatic heterocycles. The van der Waals surface area contributed by atoms with Crippen molar-refractivity contribution in [3.05, 3.63) is 52.0 Å². The second-order valence-corrected chi connectivity index (χ2v) is 6.18. The van der Waals surface area contributed by atoms with Gasteiger partial charge < -0.3 is 10.7 Å². The van der Waals surface area contributed by atoms with E-state index in [1.165, 1.54) is 17.4 Å². The molecule has 0 amide bonds. The Morgan fingerprint density at radius 1 is 1.32 bits per heavy atom. The Bertz CT molecular complexity index is 757. The van der Waals surface area contributed by atoms with Gasteiger partial charge in [-0.1, -0.05) is 6.07 Å². The van der Waals surface area contributed by atoms with Gasteiger partial charge >= 0.3 is 0 Å². The highest BCUT2D eigenvalue weighted by molar-refractivity contribution is 7.11. The van der Waals surface area contributed by atoms with Crippen molar-refractivity contribution in [2.75, 3.05) is 0 Å². The molecule has 0 saturated carbocycles. The summed E-state index contributed by atoms with van der Waals surface area (Å²) in [5, 5.41) is 14.0. The molecule has 0 spiro atoms. The Morgan fingerprint density at radius 3 is 2.73 bits per heavy atom. The number of nitrogens with one attached hydrogen (secondary N) is 2. The first-order valence-corrected chi connectivity index (χ1v) is 7.60. The summed E-state index contributed by atoms with van der Waals surface area (Å²) in [5.74, 6) is -1.28. The van der Waals surface area contributed by atoms with Crippen molar-refractivity contribution in [2.45, 2.75) is 25.4 Å². The number of rotatable bonds is 2. The number of aromatic nitrogens is 1. The first-order chi connectivity index (χ1) is 10.4. The molecule has 0 bridgehead atoms. The number of benzene rings is 1. The maximum absolute atomic E-state index is 13.6. The zero-order valence-electron chi connectivity index (χ0n) is 12.0. The van der Waals surface area contributed by atoms with Crippen LogP contribution in [0.25, 0.3) is 0 Å². The fourth-order valence-electron chi connectivity index (χ4n) is 2.50. The van der Waals surface area contributed by atoms with Crippen LogP contribution in [-0.2, 0) is 5.54 Å². The summed E-state index contributed by atoms with van der Waals surface area (Å²) in [6.07, 6.45) is 1.67. The van der Waals surface area contributed by atoms with E-state index in [2.05, 4.69) is 15.3 Å². The smallest absolute Gasteiger partial charge is 0.159 e. The van der Waals surface area contributed by atoms with Crippen LogP contribution in [0.5, 0.6) is 0 Å². The molecule has 1 aromatic carbocycles. The molecule has 0 aliphatic carbocycles. The highest BCUT2D eigenvalue weighted by atomic mass is 32.1. The molecule has 7 heteroatoms. The van der Waals surface area contributed by atoms with E-state index in [-0.39, 0.29) is 6.04 Å². The fourth-order valence-corrected chi connectivity index (χ4v) is 3.08. The number of hydrogen-bond donors (Lipinski definition) is 2. The van der Waals surface area contributed by atoms with Gasteiger partial charge in [-0.25, -0.2) is 13.8 Å². The van der Waals surface area contributed by atoms with Crippen LogP contribution in [0, 0.1) is 17.0 Å². The van der Waals surface area contributed by atoms with Gasteiger partial charge in [-0.3, -0.25) is 4.99 Å². The summed E-state index contributed by atoms with van der Waals surface area (Å²) < 4.78 is 26.8. The monoisotopic (exact) mass is 320 g/mol. The quantitative estimate of drug-likeness (QED) is 0.893. The molecule has 2 aromatic rings. The van der Waals surface area contributed by atoms with Crippen LogP contribution in [-0.4, -0.2) is 22.6 Å². The Kier molecular flexibility index (Phi) is 3.52. The molecule has 4 nitrogen and oxygen atoms in total. The summed E-state index contributed by atoms with van der Waals surface area (Å²) in [7, 11) is 0. The molecule has 2 N–H and O–H groups in total. The first kappa shape index (κ1) is 14.8. The minimum Gasteiger partial charge on any atom is -0.353 e. The molecule has 3 rings (SSSR count). The van der Waals surface area contributed by atoms with Gasteiger partial charge in [0.25, 0.3) is 0 Å². The van der Waals surface area contributed by atoms with Crippen molar-refractivity contribution in [1.82, 2.24) is 10.3 Å². The van der Waals surface area contributed by atoms with Crippen LogP contribution in [0.3, 0.4) is 0 Å². The van der Waals surface area contributed by atoms with E-state index in [1.54, 1.807) is 20.0 Å². The second-order valence-electron chi connectivity index (χ2n) is 5.28. The molecule has 0 saturated heterocycles. The zero-order chi connectivity index (χ0) is 15.9. The molecule has 0 fully saturated rings. The van der Waals surface area contributed by atoms with E-state index in [1.807, 2.05) is 5.38 Å². The molecule has 1 aliphatic rings. The number of amidine groups is 1. The number of nitrogens with zero attached hydrogens (tertiary/aromatic N) is 2. The Labute approximate surface area is 130 Å². The van der Waals surface area contributed by atoms with Crippen LogP contribution >= 0.6 is 11.3 Å². The minimum absolute atomic E-state index is 0.291. The highest BCUT2D eigenvalue weighted by Crippen LogP contribution is 2.29. The standard InChI is InChI=1S/C15H14F2N4S/c1-8-12(18)15(2,9-3-4-10(16)11(17)7-9)21-13(20-8)14-19-5-6-22-14/h3-8,18H,1-2H3,(H,20,21). The molecule has 114 valence electrons. The third-order valence-electron chi connectivity index (χ3n) is 3.78. The summed E-state index contributed by atoms with van der Waals surface area (Å²) in [6.45, 7) is 3.57. The van der Waals surface area contributed by atoms with Crippen molar-refractivity contribution < 1.29 is 8.78 Å². The third kappa shape index (κ3) is 2.31. The number of hydrogen-bond acceptors (Lipinski definition) is 5. The Morgan fingerprint density at radius 2 is 2.09 bits per heavy atom. The van der Waals surface area contributed by atoms with Crippen LogP contribution < -0.4 is 5.32 Å². The normalized spacial score (nSPS) is 24.8. The second kappa shape index (κ2) is 5.24. The van der Waals surface area contributed by atoms with Gasteiger partial charge in [0.2, 0.25) is 0 Å². The van der Waals surface area contributed by atoms with E-state index in [0.717, 1.165) is 12.1 Å². The first-order valence-electron chi connectivity index (χ1n) is 6.72. The molecule has 2 atom stereocenters. The molecule has 2 unspecified atom stereocenters. The fraction of sp³-hybridized carbons (Fsp3) is 0.267. The summed E-state index contributed by atoms with van der Waals surface area (Å²) >= 11 is 1.43. The van der Waals surface area contributed by atoms with Crippen molar-refractivity contribution in [3.63, 3.8) is 0 Å². The largest absolute Gasteiger partial charge is 0.353 e. The maximum Gasteiger partial charge on any atom is 0.159 e. The number of halogens is 2. The van der Waals surface area contributed by atoms with Crippen molar-refractivity contribution in [2.24, 2.45) is 4.99 Å². The van der Waals surface area contributed by atoms with E-state index in [0.29, 0.717) is 22.1 Å². The van der Waals surface area contributed by atoms with E-state index in [9.17, 15) is 8.78 Å². The van der Waals surface area contributed by atoms with E-state index >= 15 is 0 Å². The number of thiazole rings is 1. The topological polar surface area (TPSA) is 61.1 Å². The van der Waals surface area contributed by atoms with E-state index in [4.69, 9.17) is 5.41 Å². The average molecular weight is 320 g/mol. The lowest BCUT2D eigenvalue weighted by molar-refractivity contribution is 0.495. The van der Waals surface area contributed by atoms with Crippen LogP contribution in [0.1, 0.15) is 24.4 Å². The predicted octanol–water partition coefficient (Wildman–Crippen LogP) is 3.09. The van der Waals surface area contributed by atoms with Crippen molar-refractivity contribution in [3.8, 4) is 0 Å². The molecule has 2 heterocycles. The van der Waals surface area contributed by atoms with Gasteiger partial charge in [0.15, 0.2) is 22.5 Å². The highest BCUT2D eigenvalue weighted by Gasteiger charge is 2.40. The molecular weight excluding hydrogens is 306 g/mol. The van der Waals surface area contributed by atoms with Crippen molar-refractivity contribution in [1.29, 1.82) is 5.41 Å². The Balaban J connectivity index is 2.07. The van der Waals surface area contributed by atoms with Gasteiger partial charge in [-0.05, 0) is 31.5 Å². The zero-order valence-corrected chi connectivity index (χ0v) is 12.8. The lowest BCUT2D eigenvalue weighted by atomic mass is 9.82. The van der Waals surface area contributed by atoms with Gasteiger partial charge in [0, 0.05) is 11.6 Å². The molecule has 22 heavy (non-hydrogen) atoms. The molecule has 0 radical (unpaired) electrons. The SMILES string of the molecule is CC1N=C(c2nccs2)NC(C)(c2ccc(F)c(F)c2)C1=N. The summed E-state index contributed by atoms with van der Waals surface area (Å²) in [6, 6.07) is 3.30. The van der Waals surface area contributed by atoms with Gasteiger partial charge in [-0.2, -0.15) is 0 Å². The van der Waals surface area contributed by atoms with Crippen LogP contribution in [0.4, 0.5) is 8.78 Å².